The number of benzene rings is 1. The number of carbonyl (C=O) groups excluding carboxylic acids is 1. The normalized spacial score (nSPS) is 11.4. The van der Waals surface area contributed by atoms with Crippen LogP contribution in [0.3, 0.4) is 0 Å². The first-order chi connectivity index (χ1) is 8.17. The molecule has 0 saturated carbocycles. The van der Waals surface area contributed by atoms with Crippen LogP contribution < -0.4 is 10.5 Å². The SMILES string of the molecule is COc1ccc(C[C@@H](CN=[N+]=[N-])C(N)=O)cc1. The summed E-state index contributed by atoms with van der Waals surface area (Å²) in [5.41, 5.74) is 14.4. The van der Waals surface area contributed by atoms with Crippen molar-refractivity contribution in [2.45, 2.75) is 6.42 Å². The van der Waals surface area contributed by atoms with Crippen LogP contribution in [-0.2, 0) is 11.2 Å². The molecule has 1 rings (SSSR count). The Morgan fingerprint density at radius 2 is 2.18 bits per heavy atom. The average molecular weight is 234 g/mol. The third-order valence-corrected chi connectivity index (χ3v) is 2.41. The molecule has 6 nitrogen and oxygen atoms in total. The van der Waals surface area contributed by atoms with Crippen LogP contribution in [0.1, 0.15) is 5.56 Å². The molecule has 0 spiro atoms. The van der Waals surface area contributed by atoms with Gasteiger partial charge in [-0.05, 0) is 29.6 Å². The molecule has 1 amide bonds. The van der Waals surface area contributed by atoms with Gasteiger partial charge in [0.15, 0.2) is 0 Å². The lowest BCUT2D eigenvalue weighted by molar-refractivity contribution is -0.121. The lowest BCUT2D eigenvalue weighted by Gasteiger charge is -2.10. The van der Waals surface area contributed by atoms with E-state index in [0.717, 1.165) is 11.3 Å². The first-order valence-electron chi connectivity index (χ1n) is 5.10. The fourth-order valence-electron chi connectivity index (χ4n) is 1.44. The first kappa shape index (κ1) is 12.9. The van der Waals surface area contributed by atoms with Gasteiger partial charge in [0.2, 0.25) is 5.91 Å². The van der Waals surface area contributed by atoms with Crippen LogP contribution in [0.2, 0.25) is 0 Å². The summed E-state index contributed by atoms with van der Waals surface area (Å²) in [5, 5.41) is 3.38. The van der Waals surface area contributed by atoms with Gasteiger partial charge in [-0.15, -0.1) is 0 Å². The van der Waals surface area contributed by atoms with Crippen LogP contribution in [0.15, 0.2) is 29.4 Å². The summed E-state index contributed by atoms with van der Waals surface area (Å²) in [4.78, 5) is 13.8. The number of ether oxygens (including phenoxy) is 1. The van der Waals surface area contributed by atoms with E-state index in [-0.39, 0.29) is 6.54 Å². The Bertz CT molecular complexity index is 424. The van der Waals surface area contributed by atoms with Crippen molar-refractivity contribution in [1.29, 1.82) is 0 Å². The molecule has 0 saturated heterocycles. The first-order valence-corrected chi connectivity index (χ1v) is 5.10. The monoisotopic (exact) mass is 234 g/mol. The number of azide groups is 1. The average Bonchev–Trinajstić information content (AvgIpc) is 2.35. The zero-order valence-corrected chi connectivity index (χ0v) is 9.54. The van der Waals surface area contributed by atoms with E-state index in [9.17, 15) is 4.79 Å². The highest BCUT2D eigenvalue weighted by molar-refractivity contribution is 5.77. The molecule has 6 heteroatoms. The van der Waals surface area contributed by atoms with Gasteiger partial charge < -0.3 is 10.5 Å². The van der Waals surface area contributed by atoms with E-state index >= 15 is 0 Å². The minimum Gasteiger partial charge on any atom is -0.497 e. The van der Waals surface area contributed by atoms with Crippen molar-refractivity contribution < 1.29 is 9.53 Å². The number of amides is 1. The summed E-state index contributed by atoms with van der Waals surface area (Å²) in [7, 11) is 1.59. The number of primary amides is 1. The van der Waals surface area contributed by atoms with Gasteiger partial charge in [-0.2, -0.15) is 0 Å². The van der Waals surface area contributed by atoms with E-state index in [0.29, 0.717) is 6.42 Å². The van der Waals surface area contributed by atoms with E-state index in [2.05, 4.69) is 10.0 Å². The largest absolute Gasteiger partial charge is 0.497 e. The minimum absolute atomic E-state index is 0.0812. The highest BCUT2D eigenvalue weighted by Gasteiger charge is 2.14. The Morgan fingerprint density at radius 1 is 1.53 bits per heavy atom. The summed E-state index contributed by atoms with van der Waals surface area (Å²) < 4.78 is 5.03. The van der Waals surface area contributed by atoms with E-state index in [1.165, 1.54) is 0 Å². The topological polar surface area (TPSA) is 101 Å². The molecule has 1 atom stereocenters. The molecule has 0 aliphatic rings. The van der Waals surface area contributed by atoms with Crippen LogP contribution in [0.25, 0.3) is 10.4 Å². The van der Waals surface area contributed by atoms with Crippen molar-refractivity contribution in [3.05, 3.63) is 40.3 Å². The van der Waals surface area contributed by atoms with E-state index in [4.69, 9.17) is 16.0 Å². The molecule has 90 valence electrons. The van der Waals surface area contributed by atoms with Crippen molar-refractivity contribution >= 4 is 5.91 Å². The summed E-state index contributed by atoms with van der Waals surface area (Å²) >= 11 is 0. The van der Waals surface area contributed by atoms with Gasteiger partial charge in [-0.3, -0.25) is 4.79 Å². The number of nitrogens with two attached hydrogens (primary N) is 1. The quantitative estimate of drug-likeness (QED) is 0.459. The van der Waals surface area contributed by atoms with Gasteiger partial charge in [-0.1, -0.05) is 17.2 Å². The summed E-state index contributed by atoms with van der Waals surface area (Å²) in [6.45, 7) is 0.0812. The maximum absolute atomic E-state index is 11.1. The molecule has 1 aromatic carbocycles. The Balaban J connectivity index is 2.71. The van der Waals surface area contributed by atoms with Gasteiger partial charge in [-0.25, -0.2) is 0 Å². The zero-order valence-electron chi connectivity index (χ0n) is 9.54. The Hall–Kier alpha value is -2.20. The lowest BCUT2D eigenvalue weighted by atomic mass is 9.99. The molecule has 0 aliphatic heterocycles. The smallest absolute Gasteiger partial charge is 0.220 e. The molecule has 0 aromatic heterocycles. The number of nitrogens with zero attached hydrogens (tertiary/aromatic N) is 3. The fourth-order valence-corrected chi connectivity index (χ4v) is 1.44. The third-order valence-electron chi connectivity index (χ3n) is 2.41. The molecular formula is C11H14N4O2. The summed E-state index contributed by atoms with van der Waals surface area (Å²) in [6, 6.07) is 7.32. The van der Waals surface area contributed by atoms with E-state index < -0.39 is 11.8 Å². The number of rotatable bonds is 6. The number of methoxy groups -OCH3 is 1. The number of hydrogen-bond donors (Lipinski definition) is 1. The third kappa shape index (κ3) is 4.04. The minimum atomic E-state index is -0.473. The fraction of sp³-hybridized carbons (Fsp3) is 0.364. The van der Waals surface area contributed by atoms with Crippen LogP contribution in [0.5, 0.6) is 5.75 Å². The predicted molar refractivity (Wildman–Crippen MR) is 63.4 cm³/mol. The zero-order chi connectivity index (χ0) is 12.7. The standard InChI is InChI=1S/C11H14N4O2/c1-17-10-4-2-8(3-5-10)6-9(11(12)16)7-14-15-13/h2-5,9H,6-7H2,1H3,(H2,12,16)/t9-/m0/s1. The van der Waals surface area contributed by atoms with Crippen molar-refractivity contribution in [2.75, 3.05) is 13.7 Å². The highest BCUT2D eigenvalue weighted by Crippen LogP contribution is 2.15. The van der Waals surface area contributed by atoms with Crippen molar-refractivity contribution in [1.82, 2.24) is 0 Å². The second-order valence-corrected chi connectivity index (χ2v) is 3.56. The van der Waals surface area contributed by atoms with Gasteiger partial charge in [0.05, 0.1) is 7.11 Å². The maximum Gasteiger partial charge on any atom is 0.220 e. The predicted octanol–water partition coefficient (Wildman–Crippen LogP) is 1.65. The molecule has 17 heavy (non-hydrogen) atoms. The molecule has 2 N–H and O–H groups in total. The van der Waals surface area contributed by atoms with Crippen molar-refractivity contribution in [3.63, 3.8) is 0 Å². The Kier molecular flexibility index (Phi) is 4.84. The van der Waals surface area contributed by atoms with Gasteiger partial charge in [0.1, 0.15) is 5.75 Å². The van der Waals surface area contributed by atoms with E-state index in [1.807, 2.05) is 12.1 Å². The summed E-state index contributed by atoms with van der Waals surface area (Å²) in [5.74, 6) is -0.188. The van der Waals surface area contributed by atoms with Crippen LogP contribution in [0, 0.1) is 5.92 Å². The van der Waals surface area contributed by atoms with Crippen LogP contribution in [-0.4, -0.2) is 19.6 Å². The summed E-state index contributed by atoms with van der Waals surface area (Å²) in [6.07, 6.45) is 0.457. The molecule has 0 fully saturated rings. The lowest BCUT2D eigenvalue weighted by Crippen LogP contribution is -2.27. The highest BCUT2D eigenvalue weighted by atomic mass is 16.5. The molecule has 1 aromatic rings. The Labute approximate surface area is 99.0 Å². The molecule has 0 aliphatic carbocycles. The molecule has 0 radical (unpaired) electrons. The van der Waals surface area contributed by atoms with Crippen molar-refractivity contribution in [3.8, 4) is 5.75 Å². The molecule has 0 unspecified atom stereocenters. The van der Waals surface area contributed by atoms with Gasteiger partial charge in [0, 0.05) is 17.4 Å². The number of carbonyl (C=O) groups is 1. The van der Waals surface area contributed by atoms with E-state index in [1.54, 1.807) is 19.2 Å². The molecular weight excluding hydrogens is 220 g/mol. The van der Waals surface area contributed by atoms with Crippen LogP contribution in [0.4, 0.5) is 0 Å². The Morgan fingerprint density at radius 3 is 2.65 bits per heavy atom. The number of hydrogen-bond acceptors (Lipinski definition) is 3. The molecule has 0 bridgehead atoms. The van der Waals surface area contributed by atoms with Crippen molar-refractivity contribution in [2.24, 2.45) is 16.8 Å². The second kappa shape index (κ2) is 6.40. The second-order valence-electron chi connectivity index (χ2n) is 3.56. The van der Waals surface area contributed by atoms with Gasteiger partial charge in [0.25, 0.3) is 0 Å². The molecule has 0 heterocycles. The van der Waals surface area contributed by atoms with Gasteiger partial charge >= 0.3 is 0 Å². The maximum atomic E-state index is 11.1. The van der Waals surface area contributed by atoms with Crippen LogP contribution >= 0.6 is 0 Å².